The van der Waals surface area contributed by atoms with E-state index in [9.17, 15) is 4.79 Å². The molecule has 2 atom stereocenters. The number of fused-ring (bicyclic) bond motifs is 1. The summed E-state index contributed by atoms with van der Waals surface area (Å²) < 4.78 is 5.21. The summed E-state index contributed by atoms with van der Waals surface area (Å²) in [6, 6.07) is 9.65. The molecule has 2 aromatic rings. The van der Waals surface area contributed by atoms with Gasteiger partial charge in [-0.05, 0) is 11.6 Å². The van der Waals surface area contributed by atoms with Gasteiger partial charge < -0.3 is 15.8 Å². The lowest BCUT2D eigenvalue weighted by molar-refractivity contribution is -0.125. The molecule has 1 aromatic carbocycles. The third-order valence-corrected chi connectivity index (χ3v) is 3.63. The summed E-state index contributed by atoms with van der Waals surface area (Å²) in [6.45, 7) is 1.31. The fourth-order valence-corrected chi connectivity index (χ4v) is 2.46. The van der Waals surface area contributed by atoms with Gasteiger partial charge >= 0.3 is 0 Å². The van der Waals surface area contributed by atoms with Crippen molar-refractivity contribution in [1.29, 1.82) is 0 Å². The molecule has 5 nitrogen and oxygen atoms in total. The van der Waals surface area contributed by atoms with E-state index >= 15 is 0 Å². The number of nitrogens with zero attached hydrogens (tertiary/aromatic N) is 1. The van der Waals surface area contributed by atoms with E-state index in [-0.39, 0.29) is 17.9 Å². The van der Waals surface area contributed by atoms with Crippen LogP contribution in [0.3, 0.4) is 0 Å². The van der Waals surface area contributed by atoms with E-state index in [1.54, 1.807) is 6.20 Å². The van der Waals surface area contributed by atoms with Gasteiger partial charge in [-0.25, -0.2) is 0 Å². The van der Waals surface area contributed by atoms with E-state index in [0.29, 0.717) is 19.8 Å². The molecule has 1 aliphatic rings. The number of hydrogen-bond donors (Lipinski definition) is 2. The lowest BCUT2D eigenvalue weighted by Crippen LogP contribution is -2.40. The van der Waals surface area contributed by atoms with E-state index in [1.807, 2.05) is 30.3 Å². The van der Waals surface area contributed by atoms with Crippen LogP contribution < -0.4 is 11.1 Å². The number of amides is 1. The van der Waals surface area contributed by atoms with Gasteiger partial charge in [0.2, 0.25) is 5.91 Å². The second kappa shape index (κ2) is 5.56. The van der Waals surface area contributed by atoms with Crippen molar-refractivity contribution in [3.8, 4) is 0 Å². The molecule has 0 bridgehead atoms. The first-order valence-corrected chi connectivity index (χ1v) is 6.69. The molecule has 1 aliphatic heterocycles. The Bertz CT molecular complexity index is 624. The van der Waals surface area contributed by atoms with E-state index in [1.165, 1.54) is 0 Å². The Labute approximate surface area is 117 Å². The standard InChI is InChI=1S/C15H17N3O2/c16-13-9-20-8-12(13)15(19)18-7-11-4-1-3-10-5-2-6-17-14(10)11/h1-6,12-13H,7-9,16H2,(H,18,19). The molecule has 5 heteroatoms. The zero-order chi connectivity index (χ0) is 13.9. The SMILES string of the molecule is NC1COCC1C(=O)NCc1cccc2cccnc12. The molecular weight excluding hydrogens is 254 g/mol. The predicted octanol–water partition coefficient (Wildman–Crippen LogP) is 0.825. The molecule has 1 amide bonds. The zero-order valence-corrected chi connectivity index (χ0v) is 11.1. The summed E-state index contributed by atoms with van der Waals surface area (Å²) in [4.78, 5) is 16.4. The minimum absolute atomic E-state index is 0.0528. The monoisotopic (exact) mass is 271 g/mol. The second-order valence-electron chi connectivity index (χ2n) is 5.02. The van der Waals surface area contributed by atoms with Gasteiger partial charge in [0, 0.05) is 24.2 Å². The third-order valence-electron chi connectivity index (χ3n) is 3.63. The van der Waals surface area contributed by atoms with Crippen LogP contribution in [0.2, 0.25) is 0 Å². The molecule has 3 rings (SSSR count). The normalized spacial score (nSPS) is 22.1. The van der Waals surface area contributed by atoms with Crippen LogP contribution in [0.4, 0.5) is 0 Å². The molecule has 104 valence electrons. The van der Waals surface area contributed by atoms with Crippen LogP contribution >= 0.6 is 0 Å². The highest BCUT2D eigenvalue weighted by Crippen LogP contribution is 2.16. The van der Waals surface area contributed by atoms with Crippen molar-refractivity contribution in [2.24, 2.45) is 11.7 Å². The first-order valence-electron chi connectivity index (χ1n) is 6.69. The van der Waals surface area contributed by atoms with Crippen LogP contribution in [0.15, 0.2) is 36.5 Å². The topological polar surface area (TPSA) is 77.2 Å². The van der Waals surface area contributed by atoms with Crippen molar-refractivity contribution >= 4 is 16.8 Å². The Morgan fingerprint density at radius 1 is 1.35 bits per heavy atom. The summed E-state index contributed by atoms with van der Waals surface area (Å²) in [7, 11) is 0. The van der Waals surface area contributed by atoms with Crippen LogP contribution in [0.1, 0.15) is 5.56 Å². The maximum atomic E-state index is 12.1. The number of hydrogen-bond acceptors (Lipinski definition) is 4. The Balaban J connectivity index is 1.72. The van der Waals surface area contributed by atoms with E-state index in [4.69, 9.17) is 10.5 Å². The summed E-state index contributed by atoms with van der Waals surface area (Å²) >= 11 is 0. The van der Waals surface area contributed by atoms with Gasteiger partial charge in [-0.15, -0.1) is 0 Å². The van der Waals surface area contributed by atoms with Crippen LogP contribution in [0.25, 0.3) is 10.9 Å². The Morgan fingerprint density at radius 2 is 2.20 bits per heavy atom. The van der Waals surface area contributed by atoms with Crippen molar-refractivity contribution in [3.05, 3.63) is 42.1 Å². The summed E-state index contributed by atoms with van der Waals surface area (Å²) in [5, 5.41) is 3.99. The number of carbonyl (C=O) groups excluding carboxylic acids is 1. The number of nitrogens with one attached hydrogen (secondary N) is 1. The highest BCUT2D eigenvalue weighted by molar-refractivity contribution is 5.83. The average Bonchev–Trinajstić information content (AvgIpc) is 2.91. The largest absolute Gasteiger partial charge is 0.379 e. The maximum Gasteiger partial charge on any atom is 0.227 e. The third kappa shape index (κ3) is 2.50. The van der Waals surface area contributed by atoms with E-state index in [0.717, 1.165) is 16.5 Å². The molecule has 1 fully saturated rings. The predicted molar refractivity (Wildman–Crippen MR) is 75.9 cm³/mol. The van der Waals surface area contributed by atoms with Crippen LogP contribution in [0.5, 0.6) is 0 Å². The van der Waals surface area contributed by atoms with Crippen molar-refractivity contribution in [1.82, 2.24) is 10.3 Å². The number of rotatable bonds is 3. The number of ether oxygens (including phenoxy) is 1. The van der Waals surface area contributed by atoms with E-state index < -0.39 is 0 Å². The zero-order valence-electron chi connectivity index (χ0n) is 11.1. The van der Waals surface area contributed by atoms with Gasteiger partial charge in [0.15, 0.2) is 0 Å². The number of nitrogens with two attached hydrogens (primary N) is 1. The number of aromatic nitrogens is 1. The van der Waals surface area contributed by atoms with Gasteiger partial charge in [-0.2, -0.15) is 0 Å². The number of pyridine rings is 1. The maximum absolute atomic E-state index is 12.1. The Morgan fingerprint density at radius 3 is 3.00 bits per heavy atom. The summed E-state index contributed by atoms with van der Waals surface area (Å²) in [5.74, 6) is -0.305. The lowest BCUT2D eigenvalue weighted by atomic mass is 10.0. The number of para-hydroxylation sites is 1. The second-order valence-corrected chi connectivity index (χ2v) is 5.02. The molecule has 3 N–H and O–H groups in total. The molecule has 1 saturated heterocycles. The van der Waals surface area contributed by atoms with Crippen molar-refractivity contribution in [3.63, 3.8) is 0 Å². The molecule has 2 unspecified atom stereocenters. The molecule has 1 aromatic heterocycles. The van der Waals surface area contributed by atoms with Gasteiger partial charge in [0.1, 0.15) is 0 Å². The average molecular weight is 271 g/mol. The summed E-state index contributed by atoms with van der Waals surface area (Å²) in [6.07, 6.45) is 1.76. The minimum Gasteiger partial charge on any atom is -0.379 e. The fourth-order valence-electron chi connectivity index (χ4n) is 2.46. The Kier molecular flexibility index (Phi) is 3.62. The van der Waals surface area contributed by atoms with Crippen molar-refractivity contribution in [2.45, 2.75) is 12.6 Å². The van der Waals surface area contributed by atoms with Crippen LogP contribution in [0, 0.1) is 5.92 Å². The van der Waals surface area contributed by atoms with Gasteiger partial charge in [-0.1, -0.05) is 24.3 Å². The smallest absolute Gasteiger partial charge is 0.227 e. The quantitative estimate of drug-likeness (QED) is 0.866. The van der Waals surface area contributed by atoms with Crippen LogP contribution in [-0.4, -0.2) is 30.1 Å². The first-order chi connectivity index (χ1) is 9.75. The molecular formula is C15H17N3O2. The van der Waals surface area contributed by atoms with Gasteiger partial charge in [0.25, 0.3) is 0 Å². The lowest BCUT2D eigenvalue weighted by Gasteiger charge is -2.14. The highest BCUT2D eigenvalue weighted by atomic mass is 16.5. The molecule has 20 heavy (non-hydrogen) atoms. The molecule has 0 radical (unpaired) electrons. The molecule has 2 heterocycles. The van der Waals surface area contributed by atoms with Gasteiger partial charge in [0.05, 0.1) is 24.6 Å². The number of carbonyl (C=O) groups is 1. The Hall–Kier alpha value is -1.98. The molecule has 0 spiro atoms. The fraction of sp³-hybridized carbons (Fsp3) is 0.333. The van der Waals surface area contributed by atoms with E-state index in [2.05, 4.69) is 10.3 Å². The van der Waals surface area contributed by atoms with Crippen molar-refractivity contribution < 1.29 is 9.53 Å². The van der Waals surface area contributed by atoms with Crippen molar-refractivity contribution in [2.75, 3.05) is 13.2 Å². The summed E-state index contributed by atoms with van der Waals surface area (Å²) in [5.41, 5.74) is 7.76. The molecule has 0 aliphatic carbocycles. The van der Waals surface area contributed by atoms with Crippen LogP contribution in [-0.2, 0) is 16.1 Å². The minimum atomic E-state index is -0.252. The van der Waals surface area contributed by atoms with Gasteiger partial charge in [-0.3, -0.25) is 9.78 Å². The highest BCUT2D eigenvalue weighted by Gasteiger charge is 2.31. The molecule has 0 saturated carbocycles. The number of benzene rings is 1. The first kappa shape index (κ1) is 13.0.